The van der Waals surface area contributed by atoms with Gasteiger partial charge < -0.3 is 10.4 Å². The average Bonchev–Trinajstić information content (AvgIpc) is 2.44. The summed E-state index contributed by atoms with van der Waals surface area (Å²) in [5, 5.41) is 22.2. The lowest BCUT2D eigenvalue weighted by atomic mass is 10.1. The maximum Gasteiger partial charge on any atom is 0.272 e. The molecule has 0 aliphatic carbocycles. The van der Waals surface area contributed by atoms with Gasteiger partial charge in [-0.05, 0) is 23.8 Å². The van der Waals surface area contributed by atoms with Crippen molar-refractivity contribution in [1.82, 2.24) is 5.32 Å². The van der Waals surface area contributed by atoms with E-state index in [1.54, 1.807) is 12.1 Å². The van der Waals surface area contributed by atoms with Crippen LogP contribution in [0.2, 0.25) is 0 Å². The Bertz CT molecular complexity index is 703. The highest BCUT2D eigenvalue weighted by Gasteiger charge is 2.15. The third-order valence-electron chi connectivity index (χ3n) is 2.77. The minimum atomic E-state index is -0.961. The van der Waals surface area contributed by atoms with Crippen LogP contribution >= 0.6 is 0 Å². The Balaban J connectivity index is 2.08. The normalized spacial score (nSPS) is 10.1. The molecule has 0 saturated heterocycles. The van der Waals surface area contributed by atoms with Crippen LogP contribution in [-0.4, -0.2) is 15.9 Å². The van der Waals surface area contributed by atoms with Crippen LogP contribution in [0.5, 0.6) is 5.75 Å². The van der Waals surface area contributed by atoms with Crippen molar-refractivity contribution >= 4 is 11.6 Å². The van der Waals surface area contributed by atoms with Gasteiger partial charge >= 0.3 is 0 Å². The number of hydrogen-bond donors (Lipinski definition) is 2. The summed E-state index contributed by atoms with van der Waals surface area (Å²) in [6, 6.07) is 9.07. The number of amides is 1. The van der Waals surface area contributed by atoms with E-state index in [-0.39, 0.29) is 17.9 Å². The van der Waals surface area contributed by atoms with Crippen LogP contribution in [0.15, 0.2) is 42.5 Å². The first-order valence-electron chi connectivity index (χ1n) is 5.97. The Morgan fingerprint density at radius 1 is 1.29 bits per heavy atom. The van der Waals surface area contributed by atoms with Crippen LogP contribution in [0.4, 0.5) is 10.1 Å². The first kappa shape index (κ1) is 14.4. The van der Waals surface area contributed by atoms with Crippen LogP contribution in [-0.2, 0) is 6.54 Å². The molecule has 0 heterocycles. The molecule has 7 heteroatoms. The highest BCUT2D eigenvalue weighted by atomic mass is 19.1. The van der Waals surface area contributed by atoms with E-state index >= 15 is 0 Å². The second kappa shape index (κ2) is 6.00. The van der Waals surface area contributed by atoms with Crippen molar-refractivity contribution in [3.05, 3.63) is 69.5 Å². The molecule has 0 atom stereocenters. The average molecular weight is 290 g/mol. The minimum absolute atomic E-state index is 0.0586. The monoisotopic (exact) mass is 290 g/mol. The molecule has 0 saturated carbocycles. The van der Waals surface area contributed by atoms with E-state index in [9.17, 15) is 24.4 Å². The van der Waals surface area contributed by atoms with Gasteiger partial charge in [0.2, 0.25) is 0 Å². The number of nitro groups is 1. The number of non-ortho nitro benzene ring substituents is 1. The van der Waals surface area contributed by atoms with E-state index < -0.39 is 22.3 Å². The number of halogens is 1. The third-order valence-corrected chi connectivity index (χ3v) is 2.77. The van der Waals surface area contributed by atoms with E-state index in [2.05, 4.69) is 5.32 Å². The lowest BCUT2D eigenvalue weighted by molar-refractivity contribution is -0.385. The maximum atomic E-state index is 13.6. The molecule has 2 aromatic carbocycles. The lowest BCUT2D eigenvalue weighted by Crippen LogP contribution is -2.23. The van der Waals surface area contributed by atoms with Gasteiger partial charge in [-0.1, -0.05) is 12.1 Å². The summed E-state index contributed by atoms with van der Waals surface area (Å²) >= 11 is 0. The molecule has 1 amide bonds. The molecule has 2 rings (SSSR count). The van der Waals surface area contributed by atoms with E-state index in [1.165, 1.54) is 12.1 Å². The number of rotatable bonds is 4. The topological polar surface area (TPSA) is 92.5 Å². The fourth-order valence-corrected chi connectivity index (χ4v) is 1.75. The summed E-state index contributed by atoms with van der Waals surface area (Å²) in [5.74, 6) is -1.59. The summed E-state index contributed by atoms with van der Waals surface area (Å²) in [5.41, 5.74) is -0.0524. The number of benzene rings is 2. The van der Waals surface area contributed by atoms with E-state index in [4.69, 9.17) is 0 Å². The number of carbonyl (C=O) groups excluding carboxylic acids is 1. The zero-order valence-electron chi connectivity index (χ0n) is 10.7. The first-order chi connectivity index (χ1) is 9.97. The molecule has 2 N–H and O–H groups in total. The van der Waals surface area contributed by atoms with Gasteiger partial charge in [0.25, 0.3) is 11.6 Å². The summed E-state index contributed by atoms with van der Waals surface area (Å²) in [6.45, 7) is 0.101. The zero-order valence-corrected chi connectivity index (χ0v) is 10.7. The van der Waals surface area contributed by atoms with Gasteiger partial charge in [-0.3, -0.25) is 14.9 Å². The largest absolute Gasteiger partial charge is 0.508 e. The zero-order chi connectivity index (χ0) is 15.4. The van der Waals surface area contributed by atoms with Crippen LogP contribution in [0.25, 0.3) is 0 Å². The number of nitro benzene ring substituents is 1. The van der Waals surface area contributed by atoms with Crippen LogP contribution < -0.4 is 5.32 Å². The van der Waals surface area contributed by atoms with Crippen molar-refractivity contribution in [3.63, 3.8) is 0 Å². The molecule has 0 aliphatic heterocycles. The molecule has 0 bridgehead atoms. The van der Waals surface area contributed by atoms with Gasteiger partial charge in [-0.25, -0.2) is 4.39 Å². The molecule has 0 fully saturated rings. The predicted octanol–water partition coefficient (Wildman–Crippen LogP) is 2.37. The van der Waals surface area contributed by atoms with Crippen molar-refractivity contribution in [2.45, 2.75) is 6.54 Å². The Morgan fingerprint density at radius 2 is 2.05 bits per heavy atom. The highest BCUT2D eigenvalue weighted by Crippen LogP contribution is 2.17. The summed E-state index contributed by atoms with van der Waals surface area (Å²) in [7, 11) is 0. The molecule has 0 radical (unpaired) electrons. The van der Waals surface area contributed by atoms with Gasteiger partial charge in [0.1, 0.15) is 11.6 Å². The molecule has 21 heavy (non-hydrogen) atoms. The van der Waals surface area contributed by atoms with Gasteiger partial charge in [-0.2, -0.15) is 0 Å². The Labute approximate surface area is 119 Å². The lowest BCUT2D eigenvalue weighted by Gasteiger charge is -2.06. The smallest absolute Gasteiger partial charge is 0.272 e. The quantitative estimate of drug-likeness (QED) is 0.668. The molecular weight excluding hydrogens is 279 g/mol. The van der Waals surface area contributed by atoms with Gasteiger partial charge in [0, 0.05) is 12.6 Å². The molecular formula is C14H11FN2O4. The number of aromatic hydroxyl groups is 1. The van der Waals surface area contributed by atoms with Crippen molar-refractivity contribution in [3.8, 4) is 5.75 Å². The summed E-state index contributed by atoms with van der Waals surface area (Å²) in [6.07, 6.45) is 0. The Morgan fingerprint density at radius 3 is 2.67 bits per heavy atom. The fraction of sp³-hybridized carbons (Fsp3) is 0.0714. The third kappa shape index (κ3) is 3.53. The molecule has 2 aromatic rings. The molecule has 6 nitrogen and oxygen atoms in total. The minimum Gasteiger partial charge on any atom is -0.508 e. The maximum absolute atomic E-state index is 13.6. The molecule has 0 aromatic heterocycles. The molecule has 0 unspecified atom stereocenters. The number of phenolic OH excluding ortho intramolecular Hbond substituents is 1. The standard InChI is InChI=1S/C14H11FN2O4/c15-13-7-10(17(20)21)4-5-12(13)14(19)16-8-9-2-1-3-11(18)6-9/h1-7,18H,8H2,(H,16,19). The van der Waals surface area contributed by atoms with Crippen molar-refractivity contribution in [2.24, 2.45) is 0 Å². The van der Waals surface area contributed by atoms with Gasteiger partial charge in [0.05, 0.1) is 16.6 Å². The van der Waals surface area contributed by atoms with E-state index in [0.717, 1.165) is 12.1 Å². The van der Waals surface area contributed by atoms with Gasteiger partial charge in [-0.15, -0.1) is 0 Å². The van der Waals surface area contributed by atoms with E-state index in [0.29, 0.717) is 11.6 Å². The molecule has 0 spiro atoms. The van der Waals surface area contributed by atoms with Crippen molar-refractivity contribution < 1.29 is 19.2 Å². The van der Waals surface area contributed by atoms with Crippen LogP contribution in [0.3, 0.4) is 0 Å². The number of carbonyl (C=O) groups is 1. The summed E-state index contributed by atoms with van der Waals surface area (Å²) < 4.78 is 13.6. The first-order valence-corrected chi connectivity index (χ1v) is 5.97. The predicted molar refractivity (Wildman–Crippen MR) is 72.3 cm³/mol. The molecule has 108 valence electrons. The van der Waals surface area contributed by atoms with E-state index in [1.807, 2.05) is 0 Å². The Hall–Kier alpha value is -2.96. The number of nitrogens with zero attached hydrogens (tertiary/aromatic N) is 1. The SMILES string of the molecule is O=C(NCc1cccc(O)c1)c1ccc([N+](=O)[O-])cc1F. The van der Waals surface area contributed by atoms with Crippen molar-refractivity contribution in [2.75, 3.05) is 0 Å². The highest BCUT2D eigenvalue weighted by molar-refractivity contribution is 5.94. The second-order valence-electron chi connectivity index (χ2n) is 4.27. The number of nitrogens with one attached hydrogen (secondary N) is 1. The number of phenols is 1. The van der Waals surface area contributed by atoms with Crippen LogP contribution in [0.1, 0.15) is 15.9 Å². The van der Waals surface area contributed by atoms with Crippen LogP contribution in [0, 0.1) is 15.9 Å². The fourth-order valence-electron chi connectivity index (χ4n) is 1.75. The van der Waals surface area contributed by atoms with Crippen molar-refractivity contribution in [1.29, 1.82) is 0 Å². The summed E-state index contributed by atoms with van der Waals surface area (Å²) in [4.78, 5) is 21.6. The second-order valence-corrected chi connectivity index (χ2v) is 4.27. The van der Waals surface area contributed by atoms with Gasteiger partial charge in [0.15, 0.2) is 0 Å². The molecule has 0 aliphatic rings. The Kier molecular flexibility index (Phi) is 4.13. The number of hydrogen-bond acceptors (Lipinski definition) is 4.